The molecule has 1 aliphatic rings. The van der Waals surface area contributed by atoms with Gasteiger partial charge in [-0.05, 0) is 94.1 Å². The molecule has 0 unspecified atom stereocenters. The Bertz CT molecular complexity index is 1370. The van der Waals surface area contributed by atoms with Crippen LogP contribution in [0.5, 0.6) is 0 Å². The van der Waals surface area contributed by atoms with Crippen LogP contribution in [-0.4, -0.2) is 47.7 Å². The molecule has 4 rings (SSSR count). The molecule has 1 aliphatic heterocycles. The number of carboxylic acid groups (broad SMARTS) is 1. The zero-order chi connectivity index (χ0) is 29.0. The van der Waals surface area contributed by atoms with E-state index in [1.165, 1.54) is 13.8 Å². The SMILES string of the molecule is CCN(C(=O)[C@H]1C[C@H](C)N(C(=O)c2ccc(CCOC(C)(C)C(=O)O)cc2)c2ccccc21)c1ccc(Cl)cc1. The average molecular weight is 563 g/mol. The fraction of sp³-hybridized carbons (Fsp3) is 0.344. The molecule has 3 aromatic carbocycles. The molecule has 2 amide bonds. The van der Waals surface area contributed by atoms with Gasteiger partial charge in [-0.15, -0.1) is 0 Å². The number of carbonyl (C=O) groups excluding carboxylic acids is 2. The molecule has 0 fully saturated rings. The molecule has 40 heavy (non-hydrogen) atoms. The second-order valence-corrected chi connectivity index (χ2v) is 11.0. The molecule has 1 heterocycles. The Morgan fingerprint density at radius 1 is 1.02 bits per heavy atom. The zero-order valence-corrected chi connectivity index (χ0v) is 24.0. The summed E-state index contributed by atoms with van der Waals surface area (Å²) < 4.78 is 5.50. The van der Waals surface area contributed by atoms with Crippen LogP contribution in [0.3, 0.4) is 0 Å². The summed E-state index contributed by atoms with van der Waals surface area (Å²) in [5.41, 5.74) is 2.59. The minimum absolute atomic E-state index is 0.00568. The third kappa shape index (κ3) is 6.21. The third-order valence-corrected chi connectivity index (χ3v) is 7.65. The highest BCUT2D eigenvalue weighted by Gasteiger charge is 2.39. The fourth-order valence-electron chi connectivity index (χ4n) is 5.07. The summed E-state index contributed by atoms with van der Waals surface area (Å²) in [6.45, 7) is 7.73. The number of carboxylic acids is 1. The van der Waals surface area contributed by atoms with Gasteiger partial charge in [0.2, 0.25) is 5.91 Å². The topological polar surface area (TPSA) is 87.2 Å². The van der Waals surface area contributed by atoms with Crippen LogP contribution in [0.25, 0.3) is 0 Å². The number of fused-ring (bicyclic) bond motifs is 1. The molecule has 210 valence electrons. The predicted octanol–water partition coefficient (Wildman–Crippen LogP) is 6.34. The van der Waals surface area contributed by atoms with E-state index in [0.717, 1.165) is 22.5 Å². The number of ether oxygens (including phenoxy) is 1. The van der Waals surface area contributed by atoms with Gasteiger partial charge in [0.1, 0.15) is 0 Å². The summed E-state index contributed by atoms with van der Waals surface area (Å²) in [6, 6.07) is 22.0. The average Bonchev–Trinajstić information content (AvgIpc) is 2.94. The molecule has 0 saturated carbocycles. The van der Waals surface area contributed by atoms with Gasteiger partial charge in [0, 0.05) is 34.5 Å². The van der Waals surface area contributed by atoms with Crippen molar-refractivity contribution in [2.75, 3.05) is 23.0 Å². The van der Waals surface area contributed by atoms with Crippen molar-refractivity contribution in [3.63, 3.8) is 0 Å². The number of nitrogens with zero attached hydrogens (tertiary/aromatic N) is 2. The van der Waals surface area contributed by atoms with E-state index in [1.807, 2.05) is 62.4 Å². The molecule has 0 saturated heterocycles. The smallest absolute Gasteiger partial charge is 0.335 e. The van der Waals surface area contributed by atoms with E-state index in [9.17, 15) is 19.5 Å². The van der Waals surface area contributed by atoms with Crippen LogP contribution >= 0.6 is 11.6 Å². The largest absolute Gasteiger partial charge is 0.479 e. The summed E-state index contributed by atoms with van der Waals surface area (Å²) in [5.74, 6) is -1.54. The van der Waals surface area contributed by atoms with E-state index in [4.69, 9.17) is 16.3 Å². The Morgan fingerprint density at radius 2 is 1.68 bits per heavy atom. The Balaban J connectivity index is 1.53. The van der Waals surface area contributed by atoms with Crippen molar-refractivity contribution in [3.8, 4) is 0 Å². The van der Waals surface area contributed by atoms with Gasteiger partial charge in [0.15, 0.2) is 5.60 Å². The Labute approximate surface area is 240 Å². The number of hydrogen-bond acceptors (Lipinski definition) is 4. The number of hydrogen-bond donors (Lipinski definition) is 1. The van der Waals surface area contributed by atoms with E-state index in [0.29, 0.717) is 30.0 Å². The summed E-state index contributed by atoms with van der Waals surface area (Å²) >= 11 is 6.06. The van der Waals surface area contributed by atoms with Gasteiger partial charge in [0.25, 0.3) is 5.91 Å². The van der Waals surface area contributed by atoms with Crippen LogP contribution < -0.4 is 9.80 Å². The number of likely N-dealkylation sites (N-methyl/N-ethyl adjacent to an activating group) is 1. The molecule has 0 bridgehead atoms. The zero-order valence-electron chi connectivity index (χ0n) is 23.3. The van der Waals surface area contributed by atoms with Crippen LogP contribution in [-0.2, 0) is 20.7 Å². The first kappa shape index (κ1) is 29.3. The maximum atomic E-state index is 13.8. The highest BCUT2D eigenvalue weighted by molar-refractivity contribution is 6.30. The van der Waals surface area contributed by atoms with Gasteiger partial charge in [-0.25, -0.2) is 4.79 Å². The van der Waals surface area contributed by atoms with Crippen molar-refractivity contribution in [1.82, 2.24) is 0 Å². The van der Waals surface area contributed by atoms with Crippen LogP contribution in [0, 0.1) is 0 Å². The van der Waals surface area contributed by atoms with Crippen molar-refractivity contribution >= 4 is 40.8 Å². The van der Waals surface area contributed by atoms with Crippen molar-refractivity contribution < 1.29 is 24.2 Å². The second-order valence-electron chi connectivity index (χ2n) is 10.5. The number of benzene rings is 3. The highest BCUT2D eigenvalue weighted by Crippen LogP contribution is 2.40. The van der Waals surface area contributed by atoms with Crippen molar-refractivity contribution in [1.29, 1.82) is 0 Å². The normalized spacial score (nSPS) is 16.8. The molecular formula is C32H35ClN2O5. The molecule has 0 spiro atoms. The Kier molecular flexibility index (Phi) is 8.96. The van der Waals surface area contributed by atoms with Crippen LogP contribution in [0.1, 0.15) is 61.5 Å². The maximum Gasteiger partial charge on any atom is 0.335 e. The molecule has 0 aromatic heterocycles. The molecule has 8 heteroatoms. The highest BCUT2D eigenvalue weighted by atomic mass is 35.5. The molecular weight excluding hydrogens is 528 g/mol. The minimum atomic E-state index is -1.25. The molecule has 0 aliphatic carbocycles. The lowest BCUT2D eigenvalue weighted by molar-refractivity contribution is -0.161. The number of aliphatic carboxylic acids is 1. The van der Waals surface area contributed by atoms with Crippen LogP contribution in [0.4, 0.5) is 11.4 Å². The monoisotopic (exact) mass is 562 g/mol. The first-order valence-electron chi connectivity index (χ1n) is 13.5. The molecule has 3 aromatic rings. The fourth-order valence-corrected chi connectivity index (χ4v) is 5.20. The van der Waals surface area contributed by atoms with E-state index in [2.05, 4.69) is 0 Å². The molecule has 7 nitrogen and oxygen atoms in total. The lowest BCUT2D eigenvalue weighted by Crippen LogP contribution is -2.46. The van der Waals surface area contributed by atoms with Crippen molar-refractivity contribution in [2.24, 2.45) is 0 Å². The number of anilines is 2. The molecule has 0 radical (unpaired) electrons. The van der Waals surface area contributed by atoms with Crippen molar-refractivity contribution in [2.45, 2.75) is 58.1 Å². The first-order chi connectivity index (χ1) is 19.0. The van der Waals surface area contributed by atoms with Gasteiger partial charge < -0.3 is 19.6 Å². The standard InChI is InChI=1S/C32H35ClN2O5/c1-5-34(25-16-14-24(33)15-17-25)30(37)27-20-21(2)35(28-9-7-6-8-26(27)28)29(36)23-12-10-22(11-13-23)18-19-40-32(3,4)31(38)39/h6-17,21,27H,5,18-20H2,1-4H3,(H,38,39)/t21-,27-/m0/s1. The van der Waals surface area contributed by atoms with Gasteiger partial charge in [0.05, 0.1) is 12.5 Å². The van der Waals surface area contributed by atoms with Gasteiger partial charge in [-0.2, -0.15) is 0 Å². The summed E-state index contributed by atoms with van der Waals surface area (Å²) in [5, 5.41) is 9.82. The number of para-hydroxylation sites is 1. The van der Waals surface area contributed by atoms with Crippen molar-refractivity contribution in [3.05, 3.63) is 94.5 Å². The number of amides is 2. The number of rotatable bonds is 9. The minimum Gasteiger partial charge on any atom is -0.479 e. The number of halogens is 1. The summed E-state index contributed by atoms with van der Waals surface area (Å²) in [6.07, 6.45) is 1.03. The van der Waals surface area contributed by atoms with E-state index in [1.54, 1.807) is 34.1 Å². The van der Waals surface area contributed by atoms with Crippen LogP contribution in [0.2, 0.25) is 5.02 Å². The first-order valence-corrected chi connectivity index (χ1v) is 13.9. The predicted molar refractivity (Wildman–Crippen MR) is 157 cm³/mol. The van der Waals surface area contributed by atoms with Gasteiger partial charge in [-0.1, -0.05) is 41.9 Å². The van der Waals surface area contributed by atoms with E-state index >= 15 is 0 Å². The maximum absolute atomic E-state index is 13.8. The summed E-state index contributed by atoms with van der Waals surface area (Å²) in [7, 11) is 0. The molecule has 1 N–H and O–H groups in total. The Morgan fingerprint density at radius 3 is 2.30 bits per heavy atom. The van der Waals surface area contributed by atoms with E-state index in [-0.39, 0.29) is 30.4 Å². The lowest BCUT2D eigenvalue weighted by atomic mass is 9.84. The lowest BCUT2D eigenvalue weighted by Gasteiger charge is -2.40. The van der Waals surface area contributed by atoms with Gasteiger partial charge >= 0.3 is 5.97 Å². The summed E-state index contributed by atoms with van der Waals surface area (Å²) in [4.78, 5) is 42.4. The van der Waals surface area contributed by atoms with Crippen LogP contribution in [0.15, 0.2) is 72.8 Å². The second kappa shape index (κ2) is 12.2. The number of carbonyl (C=O) groups is 3. The molecule has 2 atom stereocenters. The third-order valence-electron chi connectivity index (χ3n) is 7.40. The van der Waals surface area contributed by atoms with Gasteiger partial charge in [-0.3, -0.25) is 9.59 Å². The van der Waals surface area contributed by atoms with E-state index < -0.39 is 11.6 Å². The quantitative estimate of drug-likeness (QED) is 0.329. The Hall–Kier alpha value is -3.68.